The third-order valence-corrected chi connectivity index (χ3v) is 5.50. The molecule has 150 valence electrons. The number of carbonyl (C=O) groups excluding carboxylic acids is 1. The van der Waals surface area contributed by atoms with Crippen molar-refractivity contribution in [3.63, 3.8) is 0 Å². The Morgan fingerprint density at radius 3 is 2.37 bits per heavy atom. The number of piperidine rings is 1. The molecular weight excluding hydrogens is 374 g/mol. The second kappa shape index (κ2) is 9.19. The average molecular weight is 397 g/mol. The van der Waals surface area contributed by atoms with Crippen LogP contribution in [0.15, 0.2) is 67.0 Å². The zero-order valence-electron chi connectivity index (χ0n) is 16.7. The Morgan fingerprint density at radius 1 is 1.00 bits per heavy atom. The first-order chi connectivity index (χ1) is 14.7. The van der Waals surface area contributed by atoms with Crippen molar-refractivity contribution in [2.75, 3.05) is 24.5 Å². The van der Waals surface area contributed by atoms with Gasteiger partial charge in [0.25, 0.3) is 5.91 Å². The lowest BCUT2D eigenvalue weighted by Crippen LogP contribution is -2.39. The molecule has 3 aromatic rings. The van der Waals surface area contributed by atoms with Crippen LogP contribution in [0.25, 0.3) is 11.1 Å². The summed E-state index contributed by atoms with van der Waals surface area (Å²) in [6.07, 6.45) is 5.03. The fraction of sp³-hybridized carbons (Fsp3) is 0.250. The van der Waals surface area contributed by atoms with E-state index in [0.29, 0.717) is 29.5 Å². The predicted molar refractivity (Wildman–Crippen MR) is 116 cm³/mol. The Bertz CT molecular complexity index is 1040. The van der Waals surface area contributed by atoms with Gasteiger partial charge in [-0.1, -0.05) is 42.5 Å². The molecule has 1 aromatic heterocycles. The highest BCUT2D eigenvalue weighted by atomic mass is 16.1. The zero-order chi connectivity index (χ0) is 20.8. The molecule has 6 nitrogen and oxygen atoms in total. The van der Waals surface area contributed by atoms with Crippen molar-refractivity contribution >= 4 is 11.7 Å². The van der Waals surface area contributed by atoms with Crippen LogP contribution in [0.2, 0.25) is 0 Å². The van der Waals surface area contributed by atoms with Crippen molar-refractivity contribution in [3.8, 4) is 17.2 Å². The normalized spacial score (nSPS) is 14.2. The third-order valence-electron chi connectivity index (χ3n) is 5.50. The minimum absolute atomic E-state index is 0.0438. The highest BCUT2D eigenvalue weighted by molar-refractivity contribution is 5.94. The van der Waals surface area contributed by atoms with Crippen LogP contribution in [0.1, 0.15) is 28.9 Å². The lowest BCUT2D eigenvalue weighted by molar-refractivity contribution is 0.0945. The molecule has 2 heterocycles. The van der Waals surface area contributed by atoms with Gasteiger partial charge in [0.15, 0.2) is 11.5 Å². The number of hydrogen-bond acceptors (Lipinski definition) is 5. The van der Waals surface area contributed by atoms with E-state index < -0.39 is 0 Å². The van der Waals surface area contributed by atoms with Crippen LogP contribution in [0.5, 0.6) is 0 Å². The Morgan fingerprint density at radius 2 is 1.67 bits per heavy atom. The van der Waals surface area contributed by atoms with Crippen molar-refractivity contribution < 1.29 is 4.79 Å². The minimum atomic E-state index is -0.0438. The molecule has 0 atom stereocenters. The van der Waals surface area contributed by atoms with Crippen molar-refractivity contribution in [1.82, 2.24) is 15.3 Å². The van der Waals surface area contributed by atoms with Crippen molar-refractivity contribution in [2.45, 2.75) is 12.8 Å². The number of rotatable bonds is 5. The summed E-state index contributed by atoms with van der Waals surface area (Å²) in [4.78, 5) is 23.0. The van der Waals surface area contributed by atoms with Crippen LogP contribution in [-0.2, 0) is 0 Å². The molecule has 1 aliphatic rings. The van der Waals surface area contributed by atoms with Crippen LogP contribution < -0.4 is 10.2 Å². The number of hydrogen-bond donors (Lipinski definition) is 1. The standard InChI is InChI=1S/C24H23N5O/c25-16-22-23(27-13-12-26-22)29-14-10-18(11-15-29)17-28-24(30)21-8-6-20(7-9-21)19-4-2-1-3-5-19/h1-9,12-13,18H,10-11,14-15,17H2,(H,28,30). The van der Waals surface area contributed by atoms with Crippen LogP contribution in [0, 0.1) is 17.2 Å². The minimum Gasteiger partial charge on any atom is -0.354 e. The molecule has 0 saturated carbocycles. The summed E-state index contributed by atoms with van der Waals surface area (Å²) in [5.74, 6) is 1.02. The second-order valence-corrected chi connectivity index (χ2v) is 7.42. The van der Waals surface area contributed by atoms with Gasteiger partial charge in [-0.15, -0.1) is 0 Å². The molecular formula is C24H23N5O. The van der Waals surface area contributed by atoms with Gasteiger partial charge in [-0.25, -0.2) is 9.97 Å². The molecule has 0 aliphatic carbocycles. The number of benzene rings is 2. The first-order valence-electron chi connectivity index (χ1n) is 10.1. The van der Waals surface area contributed by atoms with E-state index in [9.17, 15) is 10.1 Å². The monoisotopic (exact) mass is 397 g/mol. The zero-order valence-corrected chi connectivity index (χ0v) is 16.7. The molecule has 1 amide bonds. The third kappa shape index (κ3) is 4.47. The maximum atomic E-state index is 12.5. The van der Waals surface area contributed by atoms with Crippen molar-refractivity contribution in [3.05, 3.63) is 78.2 Å². The summed E-state index contributed by atoms with van der Waals surface area (Å²) in [6, 6.07) is 19.9. The van der Waals surface area contributed by atoms with E-state index in [1.807, 2.05) is 42.5 Å². The molecule has 0 unspecified atom stereocenters. The van der Waals surface area contributed by atoms with Crippen LogP contribution in [0.3, 0.4) is 0 Å². The topological polar surface area (TPSA) is 81.9 Å². The quantitative estimate of drug-likeness (QED) is 0.710. The summed E-state index contributed by atoms with van der Waals surface area (Å²) in [6.45, 7) is 2.26. The van der Waals surface area contributed by atoms with Gasteiger partial charge in [0.2, 0.25) is 0 Å². The number of nitrogens with one attached hydrogen (secondary N) is 1. The molecule has 30 heavy (non-hydrogen) atoms. The number of amides is 1. The summed E-state index contributed by atoms with van der Waals surface area (Å²) in [5, 5.41) is 12.3. The smallest absolute Gasteiger partial charge is 0.251 e. The van der Waals surface area contributed by atoms with E-state index in [4.69, 9.17) is 0 Å². The van der Waals surface area contributed by atoms with Gasteiger partial charge < -0.3 is 10.2 Å². The fourth-order valence-electron chi connectivity index (χ4n) is 3.77. The largest absolute Gasteiger partial charge is 0.354 e. The highest BCUT2D eigenvalue weighted by Crippen LogP contribution is 2.23. The summed E-state index contributed by atoms with van der Waals surface area (Å²) in [5.41, 5.74) is 3.27. The predicted octanol–water partition coefficient (Wildman–Crippen LogP) is 3.66. The summed E-state index contributed by atoms with van der Waals surface area (Å²) in [7, 11) is 0. The molecule has 0 bridgehead atoms. The Hall–Kier alpha value is -3.72. The van der Waals surface area contributed by atoms with Gasteiger partial charge in [0, 0.05) is 37.6 Å². The van der Waals surface area contributed by atoms with Gasteiger partial charge >= 0.3 is 0 Å². The highest BCUT2D eigenvalue weighted by Gasteiger charge is 2.23. The lowest BCUT2D eigenvalue weighted by atomic mass is 9.96. The molecule has 1 fully saturated rings. The fourth-order valence-corrected chi connectivity index (χ4v) is 3.77. The van der Waals surface area contributed by atoms with E-state index >= 15 is 0 Å². The second-order valence-electron chi connectivity index (χ2n) is 7.42. The maximum absolute atomic E-state index is 12.5. The van der Waals surface area contributed by atoms with Crippen LogP contribution >= 0.6 is 0 Å². The van der Waals surface area contributed by atoms with Gasteiger partial charge in [-0.05, 0) is 42.0 Å². The average Bonchev–Trinajstić information content (AvgIpc) is 2.83. The Labute approximate surface area is 176 Å². The number of anilines is 1. The molecule has 2 aromatic carbocycles. The Balaban J connectivity index is 1.28. The molecule has 0 spiro atoms. The van der Waals surface area contributed by atoms with Gasteiger partial charge in [-0.2, -0.15) is 5.26 Å². The maximum Gasteiger partial charge on any atom is 0.251 e. The molecule has 6 heteroatoms. The molecule has 1 N–H and O–H groups in total. The Kier molecular flexibility index (Phi) is 6.00. The van der Waals surface area contributed by atoms with Gasteiger partial charge in [0.1, 0.15) is 6.07 Å². The van der Waals surface area contributed by atoms with Gasteiger partial charge in [0.05, 0.1) is 0 Å². The molecule has 1 aliphatic heterocycles. The van der Waals surface area contributed by atoms with E-state index in [1.54, 1.807) is 6.20 Å². The summed E-state index contributed by atoms with van der Waals surface area (Å²) >= 11 is 0. The van der Waals surface area contributed by atoms with E-state index in [2.05, 4.69) is 38.4 Å². The first-order valence-corrected chi connectivity index (χ1v) is 10.1. The molecule has 0 radical (unpaired) electrons. The number of nitriles is 1. The number of carbonyl (C=O) groups is 1. The summed E-state index contributed by atoms with van der Waals surface area (Å²) < 4.78 is 0. The van der Waals surface area contributed by atoms with Crippen molar-refractivity contribution in [1.29, 1.82) is 5.26 Å². The van der Waals surface area contributed by atoms with E-state index in [-0.39, 0.29) is 5.91 Å². The van der Waals surface area contributed by atoms with E-state index in [0.717, 1.165) is 37.1 Å². The SMILES string of the molecule is N#Cc1nccnc1N1CCC(CNC(=O)c2ccc(-c3ccccc3)cc2)CC1. The van der Waals surface area contributed by atoms with Crippen LogP contribution in [-0.4, -0.2) is 35.5 Å². The van der Waals surface area contributed by atoms with Crippen LogP contribution in [0.4, 0.5) is 5.82 Å². The lowest BCUT2D eigenvalue weighted by Gasteiger charge is -2.32. The van der Waals surface area contributed by atoms with Gasteiger partial charge in [-0.3, -0.25) is 4.79 Å². The molecule has 4 rings (SSSR count). The van der Waals surface area contributed by atoms with E-state index in [1.165, 1.54) is 6.20 Å². The molecule has 1 saturated heterocycles. The first kappa shape index (κ1) is 19.6. The van der Waals surface area contributed by atoms with Crippen molar-refractivity contribution in [2.24, 2.45) is 5.92 Å². The number of aromatic nitrogens is 2. The number of nitrogens with zero attached hydrogens (tertiary/aromatic N) is 4.